The Hall–Kier alpha value is -0.770. The largest absolute Gasteiger partial charge is 0.481 e. The van der Waals surface area contributed by atoms with Gasteiger partial charge in [-0.25, -0.2) is 0 Å². The Kier molecular flexibility index (Phi) is 45.7. The van der Waals surface area contributed by atoms with Crippen molar-refractivity contribution in [1.82, 2.24) is 20.0 Å². The zero-order chi connectivity index (χ0) is 33.5. The number of carboxylic acids is 1. The van der Waals surface area contributed by atoms with Crippen LogP contribution in [0.25, 0.3) is 0 Å². The number of carbonyl (C=O) groups is 1. The number of aliphatic hydroxyl groups is 2. The standard InChI is InChI=1S/C18H40N2O.C12H24O2.C6H16N2O/c1-4-5-6-7-8-9-10-11-12-13-14-20(17-18-21)16-15-19(2)3;1-2-3-4-5-6-7-8-9-10-11-12(13)14;1-8(2)5-3-7-4-6-9/h21H,4-18H2,1-3H3;2-11H2,1H3,(H,13,14);7,9H,3-6H2,1-2H3. The molecule has 0 saturated heterocycles. The molecule has 0 spiro atoms. The molecule has 0 amide bonds. The molecule has 0 fully saturated rings. The number of nitrogens with one attached hydrogen (secondary N) is 1. The Morgan fingerprint density at radius 1 is 0.500 bits per heavy atom. The fourth-order valence-corrected chi connectivity index (χ4v) is 4.73. The molecule has 268 valence electrons. The van der Waals surface area contributed by atoms with E-state index in [0.717, 1.165) is 52.1 Å². The van der Waals surface area contributed by atoms with Gasteiger partial charge < -0.3 is 30.4 Å². The molecule has 44 heavy (non-hydrogen) atoms. The number of aliphatic hydroxyl groups excluding tert-OH is 2. The Bertz CT molecular complexity index is 524. The van der Waals surface area contributed by atoms with Crippen molar-refractivity contribution in [2.45, 2.75) is 142 Å². The Morgan fingerprint density at radius 2 is 0.932 bits per heavy atom. The monoisotopic (exact) mass is 633 g/mol. The Labute approximate surface area is 275 Å². The SMILES string of the molecule is CCCCCCCCCCCC(=O)O.CCCCCCCCCCCCN(CCO)CCN(C)C.CN(C)CCNCCO. The highest BCUT2D eigenvalue weighted by Gasteiger charge is 2.04. The van der Waals surface area contributed by atoms with Crippen molar-refractivity contribution >= 4 is 5.97 Å². The third-order valence-electron chi connectivity index (χ3n) is 7.63. The van der Waals surface area contributed by atoms with Crippen molar-refractivity contribution in [2.24, 2.45) is 0 Å². The molecule has 0 unspecified atom stereocenters. The van der Waals surface area contributed by atoms with E-state index in [0.29, 0.717) is 13.0 Å². The lowest BCUT2D eigenvalue weighted by atomic mass is 10.1. The maximum atomic E-state index is 10.2. The van der Waals surface area contributed by atoms with Crippen LogP contribution in [0.3, 0.4) is 0 Å². The predicted molar refractivity (Wildman–Crippen MR) is 192 cm³/mol. The maximum absolute atomic E-state index is 10.2. The zero-order valence-electron chi connectivity index (χ0n) is 30.6. The van der Waals surface area contributed by atoms with Crippen LogP contribution in [-0.4, -0.2) is 123 Å². The van der Waals surface area contributed by atoms with Crippen molar-refractivity contribution < 1.29 is 20.1 Å². The molecule has 0 heterocycles. The number of hydrogen-bond donors (Lipinski definition) is 4. The van der Waals surface area contributed by atoms with Gasteiger partial charge in [-0.2, -0.15) is 0 Å². The van der Waals surface area contributed by atoms with Gasteiger partial charge in [0.05, 0.1) is 13.2 Å². The van der Waals surface area contributed by atoms with E-state index in [4.69, 9.17) is 15.3 Å². The predicted octanol–water partition coefficient (Wildman–Crippen LogP) is 6.89. The number of rotatable bonds is 31. The van der Waals surface area contributed by atoms with Crippen molar-refractivity contribution in [3.8, 4) is 0 Å². The summed E-state index contributed by atoms with van der Waals surface area (Å²) >= 11 is 0. The summed E-state index contributed by atoms with van der Waals surface area (Å²) in [4.78, 5) is 16.9. The minimum absolute atomic E-state index is 0.230. The summed E-state index contributed by atoms with van der Waals surface area (Å²) in [6.45, 7) is 11.8. The number of hydrogen-bond acceptors (Lipinski definition) is 7. The molecule has 0 atom stereocenters. The molecule has 0 saturated carbocycles. The molecule has 0 radical (unpaired) electrons. The highest BCUT2D eigenvalue weighted by molar-refractivity contribution is 5.66. The first-order valence-electron chi connectivity index (χ1n) is 18.4. The normalized spacial score (nSPS) is 11.1. The lowest BCUT2D eigenvalue weighted by Crippen LogP contribution is -2.34. The van der Waals surface area contributed by atoms with Crippen LogP contribution in [0.2, 0.25) is 0 Å². The molecule has 4 N–H and O–H groups in total. The van der Waals surface area contributed by atoms with Crippen LogP contribution in [0.4, 0.5) is 0 Å². The highest BCUT2D eigenvalue weighted by Crippen LogP contribution is 2.11. The molecule has 0 aromatic heterocycles. The van der Waals surface area contributed by atoms with Crippen LogP contribution < -0.4 is 5.32 Å². The summed E-state index contributed by atoms with van der Waals surface area (Å²) in [5.41, 5.74) is 0. The van der Waals surface area contributed by atoms with Crippen molar-refractivity contribution in [2.75, 3.05) is 87.2 Å². The van der Waals surface area contributed by atoms with Gasteiger partial charge in [0.2, 0.25) is 0 Å². The summed E-state index contributed by atoms with van der Waals surface area (Å²) in [6.07, 6.45) is 25.4. The van der Waals surface area contributed by atoms with Crippen LogP contribution in [0.1, 0.15) is 142 Å². The van der Waals surface area contributed by atoms with Crippen LogP contribution in [-0.2, 0) is 4.79 Å². The van der Waals surface area contributed by atoms with E-state index >= 15 is 0 Å². The van der Waals surface area contributed by atoms with Gasteiger partial charge in [0.25, 0.3) is 0 Å². The summed E-state index contributed by atoms with van der Waals surface area (Å²) in [6, 6.07) is 0. The van der Waals surface area contributed by atoms with Crippen molar-refractivity contribution in [1.29, 1.82) is 0 Å². The first-order valence-corrected chi connectivity index (χ1v) is 18.4. The molecular weight excluding hydrogens is 552 g/mol. The molecule has 0 rings (SSSR count). The second-order valence-electron chi connectivity index (χ2n) is 12.8. The summed E-state index contributed by atoms with van der Waals surface area (Å²) < 4.78 is 0. The molecule has 0 aliphatic heterocycles. The lowest BCUT2D eigenvalue weighted by molar-refractivity contribution is -0.137. The zero-order valence-corrected chi connectivity index (χ0v) is 30.6. The van der Waals surface area contributed by atoms with E-state index < -0.39 is 5.97 Å². The second-order valence-corrected chi connectivity index (χ2v) is 12.8. The van der Waals surface area contributed by atoms with Gasteiger partial charge >= 0.3 is 5.97 Å². The van der Waals surface area contributed by atoms with E-state index in [-0.39, 0.29) is 13.2 Å². The van der Waals surface area contributed by atoms with Gasteiger partial charge in [0, 0.05) is 45.7 Å². The second kappa shape index (κ2) is 42.2. The molecule has 8 heteroatoms. The van der Waals surface area contributed by atoms with Gasteiger partial charge in [-0.05, 0) is 47.6 Å². The van der Waals surface area contributed by atoms with Crippen molar-refractivity contribution in [3.05, 3.63) is 0 Å². The smallest absolute Gasteiger partial charge is 0.303 e. The van der Waals surface area contributed by atoms with Gasteiger partial charge in [-0.1, -0.05) is 123 Å². The Morgan fingerprint density at radius 3 is 1.32 bits per heavy atom. The van der Waals surface area contributed by atoms with E-state index in [1.54, 1.807) is 0 Å². The third-order valence-corrected chi connectivity index (χ3v) is 7.63. The lowest BCUT2D eigenvalue weighted by Gasteiger charge is -2.23. The van der Waals surface area contributed by atoms with Gasteiger partial charge in [-0.15, -0.1) is 0 Å². The maximum Gasteiger partial charge on any atom is 0.303 e. The molecule has 8 nitrogen and oxygen atoms in total. The average molecular weight is 633 g/mol. The summed E-state index contributed by atoms with van der Waals surface area (Å²) in [7, 11) is 8.27. The first-order chi connectivity index (χ1) is 21.2. The number of carboxylic acid groups (broad SMARTS) is 1. The molecule has 0 bridgehead atoms. The number of likely N-dealkylation sites (N-methyl/N-ethyl adjacent to an activating group) is 2. The fraction of sp³-hybridized carbons (Fsp3) is 0.972. The van der Waals surface area contributed by atoms with Crippen LogP contribution in [0.15, 0.2) is 0 Å². The van der Waals surface area contributed by atoms with E-state index in [9.17, 15) is 4.79 Å². The van der Waals surface area contributed by atoms with E-state index in [1.165, 1.54) is 109 Å². The number of unbranched alkanes of at least 4 members (excludes halogenated alkanes) is 17. The molecule has 0 aliphatic rings. The summed E-state index contributed by atoms with van der Waals surface area (Å²) in [5.74, 6) is -0.659. The number of aliphatic carboxylic acids is 1. The van der Waals surface area contributed by atoms with Crippen molar-refractivity contribution in [3.63, 3.8) is 0 Å². The van der Waals surface area contributed by atoms with Crippen LogP contribution >= 0.6 is 0 Å². The number of nitrogens with zero attached hydrogens (tertiary/aromatic N) is 3. The minimum atomic E-state index is -0.659. The van der Waals surface area contributed by atoms with Gasteiger partial charge in [0.1, 0.15) is 0 Å². The van der Waals surface area contributed by atoms with E-state index in [2.05, 4.69) is 48.0 Å². The van der Waals surface area contributed by atoms with Crippen LogP contribution in [0, 0.1) is 0 Å². The van der Waals surface area contributed by atoms with Gasteiger partial charge in [0.15, 0.2) is 0 Å². The molecule has 0 aliphatic carbocycles. The first kappa shape index (κ1) is 47.6. The van der Waals surface area contributed by atoms with Crippen LogP contribution in [0.5, 0.6) is 0 Å². The topological polar surface area (TPSA) is 99.5 Å². The Balaban J connectivity index is -0.000000628. The fourth-order valence-electron chi connectivity index (χ4n) is 4.73. The molecular formula is C36H80N4O4. The quantitative estimate of drug-likeness (QED) is 0.0614. The molecule has 0 aromatic carbocycles. The third kappa shape index (κ3) is 50.8. The van der Waals surface area contributed by atoms with E-state index in [1.807, 2.05) is 14.1 Å². The molecule has 0 aromatic rings. The van der Waals surface area contributed by atoms with Gasteiger partial charge in [-0.3, -0.25) is 9.69 Å². The minimum Gasteiger partial charge on any atom is -0.481 e. The summed E-state index contributed by atoms with van der Waals surface area (Å²) in [5, 5.41) is 29.0. The average Bonchev–Trinajstić information content (AvgIpc) is 2.98. The highest BCUT2D eigenvalue weighted by atomic mass is 16.4.